The minimum Gasteiger partial charge on any atom is -0.480 e. The van der Waals surface area contributed by atoms with Crippen LogP contribution in [0.5, 0.6) is 0 Å². The molecular formula is C14H12ClFN4O3. The van der Waals surface area contributed by atoms with Crippen LogP contribution in [0.15, 0.2) is 18.2 Å². The summed E-state index contributed by atoms with van der Waals surface area (Å²) in [4.78, 5) is 25.3. The van der Waals surface area contributed by atoms with Crippen molar-refractivity contribution < 1.29 is 19.1 Å². The number of aryl methyl sites for hydroxylation is 1. The molecule has 1 unspecified atom stereocenters. The number of nitrogens with zero attached hydrogens (tertiary/aromatic N) is 4. The Kier molecular flexibility index (Phi) is 3.77. The maximum absolute atomic E-state index is 13.2. The first-order valence-electron chi connectivity index (χ1n) is 6.76. The number of hydrogen-bond donors (Lipinski definition) is 1. The summed E-state index contributed by atoms with van der Waals surface area (Å²) < 4.78 is 14.9. The zero-order valence-electron chi connectivity index (χ0n) is 12.0. The number of halogens is 2. The SMILES string of the molecule is Cc1nnc2n1CC(C(=O)O)N(C(=O)c1ccc(F)c(Cl)c1)C2. The molecule has 0 radical (unpaired) electrons. The van der Waals surface area contributed by atoms with Crippen LogP contribution in [0, 0.1) is 12.7 Å². The van der Waals surface area contributed by atoms with Crippen LogP contribution in [0.4, 0.5) is 4.39 Å². The lowest BCUT2D eigenvalue weighted by molar-refractivity contribution is -0.143. The summed E-state index contributed by atoms with van der Waals surface area (Å²) in [5.74, 6) is -1.24. The van der Waals surface area contributed by atoms with Gasteiger partial charge in [-0.1, -0.05) is 11.6 Å². The van der Waals surface area contributed by atoms with Gasteiger partial charge in [-0.3, -0.25) is 4.79 Å². The molecule has 0 fully saturated rings. The highest BCUT2D eigenvalue weighted by molar-refractivity contribution is 6.31. The van der Waals surface area contributed by atoms with Crippen molar-refractivity contribution in [1.82, 2.24) is 19.7 Å². The van der Waals surface area contributed by atoms with Gasteiger partial charge in [0.25, 0.3) is 5.91 Å². The van der Waals surface area contributed by atoms with Gasteiger partial charge < -0.3 is 14.6 Å². The predicted molar refractivity (Wildman–Crippen MR) is 77.5 cm³/mol. The normalized spacial score (nSPS) is 17.0. The number of carbonyl (C=O) groups is 2. The highest BCUT2D eigenvalue weighted by Crippen LogP contribution is 2.23. The van der Waals surface area contributed by atoms with Crippen LogP contribution >= 0.6 is 11.6 Å². The second-order valence-electron chi connectivity index (χ2n) is 5.19. The number of carboxylic acid groups (broad SMARTS) is 1. The van der Waals surface area contributed by atoms with Gasteiger partial charge in [0.15, 0.2) is 5.82 Å². The third-order valence-electron chi connectivity index (χ3n) is 3.77. The molecule has 1 N–H and O–H groups in total. The van der Waals surface area contributed by atoms with Crippen LogP contribution in [-0.4, -0.2) is 42.7 Å². The molecule has 0 saturated heterocycles. The van der Waals surface area contributed by atoms with Crippen molar-refractivity contribution in [3.8, 4) is 0 Å². The molecule has 1 aliphatic heterocycles. The second-order valence-corrected chi connectivity index (χ2v) is 5.60. The monoisotopic (exact) mass is 338 g/mol. The summed E-state index contributed by atoms with van der Waals surface area (Å²) in [7, 11) is 0. The Morgan fingerprint density at radius 3 is 2.78 bits per heavy atom. The molecule has 1 aromatic heterocycles. The molecule has 1 aliphatic rings. The molecule has 2 heterocycles. The van der Waals surface area contributed by atoms with Crippen LogP contribution in [-0.2, 0) is 17.9 Å². The zero-order valence-corrected chi connectivity index (χ0v) is 12.8. The number of aliphatic carboxylic acids is 1. The third kappa shape index (κ3) is 2.65. The van der Waals surface area contributed by atoms with Crippen molar-refractivity contribution in [3.05, 3.63) is 46.3 Å². The van der Waals surface area contributed by atoms with E-state index in [1.54, 1.807) is 11.5 Å². The average Bonchev–Trinajstić information content (AvgIpc) is 2.88. The average molecular weight is 339 g/mol. The lowest BCUT2D eigenvalue weighted by Gasteiger charge is -2.33. The molecular weight excluding hydrogens is 327 g/mol. The van der Waals surface area contributed by atoms with E-state index in [-0.39, 0.29) is 23.7 Å². The maximum Gasteiger partial charge on any atom is 0.328 e. The molecule has 120 valence electrons. The predicted octanol–water partition coefficient (Wildman–Crippen LogP) is 1.49. The summed E-state index contributed by atoms with van der Waals surface area (Å²) in [6.07, 6.45) is 0. The fourth-order valence-corrected chi connectivity index (χ4v) is 2.71. The third-order valence-corrected chi connectivity index (χ3v) is 4.06. The van der Waals surface area contributed by atoms with Crippen LogP contribution < -0.4 is 0 Å². The smallest absolute Gasteiger partial charge is 0.328 e. The van der Waals surface area contributed by atoms with E-state index in [4.69, 9.17) is 11.6 Å². The van der Waals surface area contributed by atoms with E-state index in [1.807, 2.05) is 0 Å². The lowest BCUT2D eigenvalue weighted by Crippen LogP contribution is -2.50. The maximum atomic E-state index is 13.2. The summed E-state index contributed by atoms with van der Waals surface area (Å²) in [5.41, 5.74) is 0.118. The number of amides is 1. The molecule has 23 heavy (non-hydrogen) atoms. The number of fused-ring (bicyclic) bond motifs is 1. The van der Waals surface area contributed by atoms with Crippen molar-refractivity contribution >= 4 is 23.5 Å². The molecule has 0 bridgehead atoms. The van der Waals surface area contributed by atoms with Crippen molar-refractivity contribution in [2.75, 3.05) is 0 Å². The molecule has 3 rings (SSSR count). The molecule has 9 heteroatoms. The number of carbonyl (C=O) groups excluding carboxylic acids is 1. The van der Waals surface area contributed by atoms with E-state index in [1.165, 1.54) is 17.0 Å². The summed E-state index contributed by atoms with van der Waals surface area (Å²) in [5, 5.41) is 17.1. The number of rotatable bonds is 2. The Morgan fingerprint density at radius 1 is 1.39 bits per heavy atom. The van der Waals surface area contributed by atoms with Gasteiger partial charge in [-0.2, -0.15) is 0 Å². The summed E-state index contributed by atoms with van der Waals surface area (Å²) in [6.45, 7) is 1.78. The van der Waals surface area contributed by atoms with Crippen LogP contribution in [0.2, 0.25) is 5.02 Å². The minimum atomic E-state index is -1.13. The Hall–Kier alpha value is -2.48. The van der Waals surface area contributed by atoms with Crippen molar-refractivity contribution in [2.45, 2.75) is 26.1 Å². The molecule has 0 saturated carbocycles. The van der Waals surface area contributed by atoms with Gasteiger partial charge in [0.1, 0.15) is 17.7 Å². The first kappa shape index (κ1) is 15.4. The lowest BCUT2D eigenvalue weighted by atomic mass is 10.1. The number of aromatic nitrogens is 3. The Balaban J connectivity index is 1.97. The van der Waals surface area contributed by atoms with Gasteiger partial charge in [0.2, 0.25) is 0 Å². The van der Waals surface area contributed by atoms with Crippen LogP contribution in [0.3, 0.4) is 0 Å². The van der Waals surface area contributed by atoms with Gasteiger partial charge >= 0.3 is 5.97 Å². The first-order valence-corrected chi connectivity index (χ1v) is 7.13. The topological polar surface area (TPSA) is 88.3 Å². The van der Waals surface area contributed by atoms with Crippen molar-refractivity contribution in [2.24, 2.45) is 0 Å². The fraction of sp³-hybridized carbons (Fsp3) is 0.286. The van der Waals surface area contributed by atoms with E-state index in [9.17, 15) is 19.1 Å². The van der Waals surface area contributed by atoms with Gasteiger partial charge in [0.05, 0.1) is 18.1 Å². The second kappa shape index (κ2) is 5.62. The molecule has 0 spiro atoms. The van der Waals surface area contributed by atoms with Crippen molar-refractivity contribution in [1.29, 1.82) is 0 Å². The van der Waals surface area contributed by atoms with Crippen LogP contribution in [0.1, 0.15) is 22.0 Å². The standard InChI is InChI=1S/C14H12ClFN4O3/c1-7-17-18-12-6-20(11(14(22)23)5-19(7)12)13(21)8-2-3-10(16)9(15)4-8/h2-4,11H,5-6H2,1H3,(H,22,23). The number of carboxylic acids is 1. The summed E-state index contributed by atoms with van der Waals surface area (Å²) in [6, 6.07) is 2.46. The zero-order chi connectivity index (χ0) is 16.7. The fourth-order valence-electron chi connectivity index (χ4n) is 2.53. The highest BCUT2D eigenvalue weighted by Gasteiger charge is 2.36. The quantitative estimate of drug-likeness (QED) is 0.896. The van der Waals surface area contributed by atoms with Crippen LogP contribution in [0.25, 0.3) is 0 Å². The molecule has 1 aromatic carbocycles. The van der Waals surface area contributed by atoms with E-state index >= 15 is 0 Å². The van der Waals surface area contributed by atoms with Gasteiger partial charge in [-0.05, 0) is 25.1 Å². The Bertz CT molecular complexity index is 807. The molecule has 1 atom stereocenters. The van der Waals surface area contributed by atoms with Gasteiger partial charge in [0, 0.05) is 5.56 Å². The Labute approximate surface area is 135 Å². The van der Waals surface area contributed by atoms with Crippen molar-refractivity contribution in [3.63, 3.8) is 0 Å². The van der Waals surface area contributed by atoms with E-state index in [0.29, 0.717) is 11.6 Å². The van der Waals surface area contributed by atoms with E-state index in [2.05, 4.69) is 10.2 Å². The Morgan fingerprint density at radius 2 is 2.13 bits per heavy atom. The highest BCUT2D eigenvalue weighted by atomic mass is 35.5. The largest absolute Gasteiger partial charge is 0.480 e. The minimum absolute atomic E-state index is 0.00559. The molecule has 2 aromatic rings. The number of benzene rings is 1. The number of hydrogen-bond acceptors (Lipinski definition) is 4. The first-order chi connectivity index (χ1) is 10.9. The van der Waals surface area contributed by atoms with Gasteiger partial charge in [-0.25, -0.2) is 9.18 Å². The molecule has 1 amide bonds. The van der Waals surface area contributed by atoms with Gasteiger partial charge in [-0.15, -0.1) is 10.2 Å². The van der Waals surface area contributed by atoms with E-state index < -0.39 is 23.7 Å². The molecule has 7 nitrogen and oxygen atoms in total. The molecule has 0 aliphatic carbocycles. The summed E-state index contributed by atoms with van der Waals surface area (Å²) >= 11 is 5.69. The van der Waals surface area contributed by atoms with E-state index in [0.717, 1.165) is 6.07 Å².